The third-order valence-electron chi connectivity index (χ3n) is 7.42. The minimum atomic E-state index is -3.29. The number of fused-ring (bicyclic) bond motifs is 1. The molecule has 5 rings (SSSR count). The lowest BCUT2D eigenvalue weighted by Gasteiger charge is -2.33. The number of piperazine rings is 1. The quantitative estimate of drug-likeness (QED) is 0.272. The topological polar surface area (TPSA) is 96.8 Å². The summed E-state index contributed by atoms with van der Waals surface area (Å²) in [5.41, 5.74) is 2.91. The van der Waals surface area contributed by atoms with Crippen molar-refractivity contribution in [2.45, 2.75) is 19.9 Å². The van der Waals surface area contributed by atoms with Crippen molar-refractivity contribution < 1.29 is 18.0 Å². The number of amides is 1. The predicted octanol–water partition coefficient (Wildman–Crippen LogP) is 4.79. The SMILES string of the molecule is CCC(=O)c1c(-c2ccccc2)c2cc(Br)ccc2c(=O)n1Cc1ccc(C(=O)N2CCN(S(C)(=O)=O)CC2)cc1. The third-order valence-corrected chi connectivity index (χ3v) is 9.21. The number of hydrogen-bond donors (Lipinski definition) is 0. The van der Waals surface area contributed by atoms with Crippen LogP contribution < -0.4 is 5.56 Å². The number of nitrogens with zero attached hydrogens (tertiary/aromatic N) is 3. The van der Waals surface area contributed by atoms with Gasteiger partial charge >= 0.3 is 0 Å². The smallest absolute Gasteiger partial charge is 0.259 e. The minimum Gasteiger partial charge on any atom is -0.336 e. The van der Waals surface area contributed by atoms with Gasteiger partial charge in [-0.1, -0.05) is 65.3 Å². The summed E-state index contributed by atoms with van der Waals surface area (Å²) in [7, 11) is -3.29. The van der Waals surface area contributed by atoms with Crippen molar-refractivity contribution in [3.8, 4) is 11.1 Å². The van der Waals surface area contributed by atoms with Gasteiger partial charge in [0.25, 0.3) is 11.5 Å². The molecule has 1 saturated heterocycles. The fourth-order valence-electron chi connectivity index (χ4n) is 5.27. The number of aromatic nitrogens is 1. The molecule has 8 nitrogen and oxygen atoms in total. The molecular weight excluding hydrogens is 606 g/mol. The van der Waals surface area contributed by atoms with E-state index in [0.717, 1.165) is 15.6 Å². The van der Waals surface area contributed by atoms with E-state index in [1.165, 1.54) is 10.6 Å². The number of carbonyl (C=O) groups is 2. The first-order valence-electron chi connectivity index (χ1n) is 13.4. The van der Waals surface area contributed by atoms with Crippen LogP contribution in [0.3, 0.4) is 0 Å². The summed E-state index contributed by atoms with van der Waals surface area (Å²) < 4.78 is 27.3. The largest absolute Gasteiger partial charge is 0.336 e. The maximum atomic E-state index is 13.8. The summed E-state index contributed by atoms with van der Waals surface area (Å²) in [4.78, 5) is 42.0. The van der Waals surface area contributed by atoms with Gasteiger partial charge in [-0.15, -0.1) is 0 Å². The van der Waals surface area contributed by atoms with E-state index in [1.54, 1.807) is 46.7 Å². The molecule has 1 fully saturated rings. The van der Waals surface area contributed by atoms with Crippen molar-refractivity contribution in [3.05, 3.63) is 104 Å². The van der Waals surface area contributed by atoms with Crippen LogP contribution in [0.25, 0.3) is 21.9 Å². The zero-order valence-electron chi connectivity index (χ0n) is 22.8. The van der Waals surface area contributed by atoms with E-state index in [4.69, 9.17) is 0 Å². The first-order chi connectivity index (χ1) is 19.6. The number of Topliss-reactive ketones (excluding diaryl/α,β-unsaturated/α-hetero) is 1. The van der Waals surface area contributed by atoms with Gasteiger partial charge in [0, 0.05) is 53.6 Å². The van der Waals surface area contributed by atoms with Gasteiger partial charge in [-0.3, -0.25) is 19.0 Å². The Labute approximate surface area is 247 Å². The van der Waals surface area contributed by atoms with E-state index in [-0.39, 0.29) is 43.3 Å². The van der Waals surface area contributed by atoms with Crippen LogP contribution in [0, 0.1) is 0 Å². The number of pyridine rings is 1. The Morgan fingerprint density at radius 1 is 0.878 bits per heavy atom. The summed E-state index contributed by atoms with van der Waals surface area (Å²) in [6.07, 6.45) is 1.41. The molecule has 3 aromatic carbocycles. The number of halogens is 1. The summed E-state index contributed by atoms with van der Waals surface area (Å²) in [5.74, 6) is -0.311. The molecule has 0 spiro atoms. The molecule has 0 N–H and O–H groups in total. The number of rotatable bonds is 7. The second kappa shape index (κ2) is 11.7. The van der Waals surface area contributed by atoms with Gasteiger partial charge in [-0.05, 0) is 46.8 Å². The lowest BCUT2D eigenvalue weighted by atomic mass is 9.94. The van der Waals surface area contributed by atoms with Gasteiger partial charge in [0.05, 0.1) is 18.5 Å². The van der Waals surface area contributed by atoms with Gasteiger partial charge in [0.2, 0.25) is 10.0 Å². The molecule has 0 aliphatic carbocycles. The lowest BCUT2D eigenvalue weighted by molar-refractivity contribution is 0.0698. The predicted molar refractivity (Wildman–Crippen MR) is 164 cm³/mol. The number of sulfonamides is 1. The number of benzene rings is 3. The Morgan fingerprint density at radius 3 is 2.15 bits per heavy atom. The molecule has 212 valence electrons. The lowest BCUT2D eigenvalue weighted by Crippen LogP contribution is -2.50. The van der Waals surface area contributed by atoms with E-state index in [9.17, 15) is 22.8 Å². The molecule has 0 radical (unpaired) electrons. The summed E-state index contributed by atoms with van der Waals surface area (Å²) in [6.45, 7) is 3.12. The Hall–Kier alpha value is -3.60. The fraction of sp³-hybridized carbons (Fsp3) is 0.258. The second-order valence-electron chi connectivity index (χ2n) is 10.1. The van der Waals surface area contributed by atoms with Crippen molar-refractivity contribution in [3.63, 3.8) is 0 Å². The van der Waals surface area contributed by atoms with Crippen molar-refractivity contribution in [1.82, 2.24) is 13.8 Å². The maximum Gasteiger partial charge on any atom is 0.259 e. The molecule has 10 heteroatoms. The zero-order valence-corrected chi connectivity index (χ0v) is 25.2. The number of ketones is 1. The van der Waals surface area contributed by atoms with Gasteiger partial charge in [0.1, 0.15) is 0 Å². The third kappa shape index (κ3) is 5.91. The number of carbonyl (C=O) groups excluding carboxylic acids is 2. The molecule has 0 unspecified atom stereocenters. The monoisotopic (exact) mass is 635 g/mol. The molecular formula is C31H30BrN3O5S. The average Bonchev–Trinajstić information content (AvgIpc) is 2.98. The molecule has 1 aliphatic heterocycles. The van der Waals surface area contributed by atoms with Crippen LogP contribution in [-0.4, -0.2) is 66.3 Å². The second-order valence-corrected chi connectivity index (χ2v) is 13.0. The maximum absolute atomic E-state index is 13.8. The first-order valence-corrected chi connectivity index (χ1v) is 16.0. The van der Waals surface area contributed by atoms with Gasteiger partial charge in [0.15, 0.2) is 5.78 Å². The highest BCUT2D eigenvalue weighted by atomic mass is 79.9. The Morgan fingerprint density at radius 2 is 1.54 bits per heavy atom. The Kier molecular flexibility index (Phi) is 8.26. The molecule has 0 saturated carbocycles. The van der Waals surface area contributed by atoms with E-state index in [1.807, 2.05) is 42.5 Å². The van der Waals surface area contributed by atoms with Gasteiger partial charge in [-0.25, -0.2) is 8.42 Å². The molecule has 2 heterocycles. The Balaban J connectivity index is 1.52. The van der Waals surface area contributed by atoms with Crippen LogP contribution in [0.1, 0.15) is 39.8 Å². The van der Waals surface area contributed by atoms with Crippen LogP contribution in [0.15, 0.2) is 82.1 Å². The van der Waals surface area contributed by atoms with Crippen LogP contribution in [0.2, 0.25) is 0 Å². The highest BCUT2D eigenvalue weighted by Gasteiger charge is 2.27. The van der Waals surface area contributed by atoms with E-state index in [2.05, 4.69) is 15.9 Å². The van der Waals surface area contributed by atoms with Gasteiger partial charge < -0.3 is 4.90 Å². The summed E-state index contributed by atoms with van der Waals surface area (Å²) >= 11 is 3.52. The van der Waals surface area contributed by atoms with Crippen LogP contribution in [-0.2, 0) is 16.6 Å². The van der Waals surface area contributed by atoms with E-state index in [0.29, 0.717) is 40.7 Å². The molecule has 1 aromatic heterocycles. The van der Waals surface area contributed by atoms with Crippen LogP contribution in [0.4, 0.5) is 0 Å². The first kappa shape index (κ1) is 28.9. The summed E-state index contributed by atoms with van der Waals surface area (Å²) in [5, 5.41) is 1.22. The van der Waals surface area contributed by atoms with Crippen molar-refractivity contribution >= 4 is 48.4 Å². The van der Waals surface area contributed by atoms with Crippen molar-refractivity contribution in [2.24, 2.45) is 0 Å². The molecule has 1 aliphatic rings. The van der Waals surface area contributed by atoms with Gasteiger partial charge in [-0.2, -0.15) is 4.31 Å². The normalized spacial score (nSPS) is 14.4. The number of hydrogen-bond acceptors (Lipinski definition) is 5. The highest BCUT2D eigenvalue weighted by molar-refractivity contribution is 9.10. The fourth-order valence-corrected chi connectivity index (χ4v) is 6.45. The van der Waals surface area contributed by atoms with Crippen LogP contribution >= 0.6 is 15.9 Å². The molecule has 0 bridgehead atoms. The van der Waals surface area contributed by atoms with Crippen LogP contribution in [0.5, 0.6) is 0 Å². The highest BCUT2D eigenvalue weighted by Crippen LogP contribution is 2.33. The zero-order chi connectivity index (χ0) is 29.3. The minimum absolute atomic E-state index is 0.136. The van der Waals surface area contributed by atoms with Crippen molar-refractivity contribution in [2.75, 3.05) is 32.4 Å². The Bertz CT molecular complexity index is 1790. The van der Waals surface area contributed by atoms with E-state index >= 15 is 0 Å². The molecule has 1 amide bonds. The molecule has 4 aromatic rings. The summed E-state index contributed by atoms with van der Waals surface area (Å²) in [6, 6.07) is 22.1. The molecule has 0 atom stereocenters. The standard InChI is InChI=1S/C31H30BrN3O5S/c1-3-27(36)29-28(22-7-5-4-6-8-22)26-19-24(32)13-14-25(26)31(38)35(29)20-21-9-11-23(12-10-21)30(37)33-15-17-34(18-16-33)41(2,39)40/h4-14,19H,3,15-18,20H2,1-2H3. The molecule has 41 heavy (non-hydrogen) atoms. The average molecular weight is 637 g/mol. The van der Waals surface area contributed by atoms with Crippen molar-refractivity contribution in [1.29, 1.82) is 0 Å². The van der Waals surface area contributed by atoms with E-state index < -0.39 is 10.0 Å².